The lowest BCUT2D eigenvalue weighted by Crippen LogP contribution is -2.38. The molecule has 1 rings (SSSR count). The number of hydrogen-bond donors (Lipinski definition) is 0. The summed E-state index contributed by atoms with van der Waals surface area (Å²) in [6.07, 6.45) is 38.3. The molecule has 1 heterocycles. The average Bonchev–Trinajstić information content (AvgIpc) is 3.22. The van der Waals surface area contributed by atoms with E-state index in [1.165, 1.54) is 154 Å². The van der Waals surface area contributed by atoms with Crippen LogP contribution >= 0.6 is 0 Å². The van der Waals surface area contributed by atoms with Crippen LogP contribution < -0.4 is 0 Å². The first-order valence-electron chi connectivity index (χ1n) is 15.5. The van der Waals surface area contributed by atoms with Gasteiger partial charge in [-0.1, -0.05) is 142 Å². The van der Waals surface area contributed by atoms with Gasteiger partial charge in [-0.2, -0.15) is 0 Å². The summed E-state index contributed by atoms with van der Waals surface area (Å²) < 4.78 is 0. The summed E-state index contributed by atoms with van der Waals surface area (Å²) in [5.74, 6) is 0. The third kappa shape index (κ3) is 16.6. The van der Waals surface area contributed by atoms with Crippen LogP contribution in [0.3, 0.4) is 0 Å². The molecule has 0 bridgehead atoms. The molecule has 33 heavy (non-hydrogen) atoms. The molecule has 0 spiro atoms. The lowest BCUT2D eigenvalue weighted by atomic mass is 10.0. The molecule has 1 atom stereocenters. The van der Waals surface area contributed by atoms with Crippen molar-refractivity contribution in [1.29, 1.82) is 0 Å². The SMILES string of the molecule is CCCCCCCCCCCCCCCCCCN1C=CN(CC)C1CCCCCCCC. The van der Waals surface area contributed by atoms with Crippen LogP contribution in [-0.4, -0.2) is 29.1 Å². The van der Waals surface area contributed by atoms with Crippen molar-refractivity contribution >= 4 is 0 Å². The first kappa shape index (κ1) is 30.4. The van der Waals surface area contributed by atoms with Gasteiger partial charge in [0.25, 0.3) is 0 Å². The summed E-state index contributed by atoms with van der Waals surface area (Å²) in [7, 11) is 0. The Morgan fingerprint density at radius 3 is 1.21 bits per heavy atom. The van der Waals surface area contributed by atoms with Gasteiger partial charge < -0.3 is 9.80 Å². The van der Waals surface area contributed by atoms with E-state index in [9.17, 15) is 0 Å². The van der Waals surface area contributed by atoms with Gasteiger partial charge in [0.15, 0.2) is 0 Å². The standard InChI is InChI=1S/C31H62N2/c1-4-7-9-11-13-14-15-16-17-18-19-20-21-22-24-26-28-33-30-29-32(6-3)31(33)27-25-23-12-10-8-5-2/h29-31H,4-28H2,1-3H3. The van der Waals surface area contributed by atoms with E-state index in [-0.39, 0.29) is 0 Å². The van der Waals surface area contributed by atoms with Crippen LogP contribution in [0.4, 0.5) is 0 Å². The van der Waals surface area contributed by atoms with E-state index in [1.54, 1.807) is 0 Å². The third-order valence-corrected chi connectivity index (χ3v) is 7.67. The van der Waals surface area contributed by atoms with E-state index >= 15 is 0 Å². The minimum Gasteiger partial charge on any atom is -0.356 e. The molecule has 0 fully saturated rings. The van der Waals surface area contributed by atoms with Crippen molar-refractivity contribution in [3.8, 4) is 0 Å². The maximum Gasteiger partial charge on any atom is 0.101 e. The highest BCUT2D eigenvalue weighted by Gasteiger charge is 2.23. The molecule has 0 radical (unpaired) electrons. The molecule has 196 valence electrons. The Hall–Kier alpha value is -0.660. The third-order valence-electron chi connectivity index (χ3n) is 7.67. The summed E-state index contributed by atoms with van der Waals surface area (Å²) in [6, 6.07) is 0. The molecule has 0 aromatic heterocycles. The Balaban J connectivity index is 1.92. The molecule has 1 aliphatic heterocycles. The second-order valence-electron chi connectivity index (χ2n) is 10.7. The van der Waals surface area contributed by atoms with Crippen LogP contribution in [0.25, 0.3) is 0 Å². The molecule has 0 saturated carbocycles. The van der Waals surface area contributed by atoms with E-state index < -0.39 is 0 Å². The van der Waals surface area contributed by atoms with Crippen LogP contribution in [0.15, 0.2) is 12.4 Å². The van der Waals surface area contributed by atoms with Crippen LogP contribution in [0.2, 0.25) is 0 Å². The minimum absolute atomic E-state index is 0.637. The number of rotatable bonds is 25. The van der Waals surface area contributed by atoms with Gasteiger partial charge in [0.1, 0.15) is 6.17 Å². The average molecular weight is 463 g/mol. The van der Waals surface area contributed by atoms with Gasteiger partial charge in [0, 0.05) is 25.5 Å². The molecule has 0 aliphatic carbocycles. The van der Waals surface area contributed by atoms with Crippen molar-refractivity contribution in [2.45, 2.75) is 175 Å². The molecule has 0 saturated heterocycles. The molecule has 2 heteroatoms. The van der Waals surface area contributed by atoms with Crippen molar-refractivity contribution in [3.05, 3.63) is 12.4 Å². The largest absolute Gasteiger partial charge is 0.356 e. The van der Waals surface area contributed by atoms with Crippen LogP contribution in [-0.2, 0) is 0 Å². The molecule has 0 aromatic rings. The normalized spacial score (nSPS) is 15.8. The maximum absolute atomic E-state index is 2.64. The predicted molar refractivity (Wildman–Crippen MR) is 150 cm³/mol. The van der Waals surface area contributed by atoms with Gasteiger partial charge in [-0.05, 0) is 26.2 Å². The molecular weight excluding hydrogens is 400 g/mol. The van der Waals surface area contributed by atoms with Crippen LogP contribution in [0.1, 0.15) is 168 Å². The fourth-order valence-corrected chi connectivity index (χ4v) is 5.38. The molecule has 0 amide bonds. The van der Waals surface area contributed by atoms with Crippen LogP contribution in [0, 0.1) is 0 Å². The lowest BCUT2D eigenvalue weighted by molar-refractivity contribution is 0.142. The van der Waals surface area contributed by atoms with E-state index in [0.29, 0.717) is 6.17 Å². The predicted octanol–water partition coefficient (Wildman–Crippen LogP) is 10.4. The van der Waals surface area contributed by atoms with Gasteiger partial charge in [-0.15, -0.1) is 0 Å². The Bertz CT molecular complexity index is 419. The van der Waals surface area contributed by atoms with Gasteiger partial charge in [-0.3, -0.25) is 0 Å². The van der Waals surface area contributed by atoms with Gasteiger partial charge in [0.2, 0.25) is 0 Å². The summed E-state index contributed by atoms with van der Waals surface area (Å²) in [5, 5.41) is 0. The molecule has 2 nitrogen and oxygen atoms in total. The summed E-state index contributed by atoms with van der Waals surface area (Å²) in [5.41, 5.74) is 0. The quantitative estimate of drug-likeness (QED) is 0.124. The van der Waals surface area contributed by atoms with E-state index in [4.69, 9.17) is 0 Å². The molecule has 0 aromatic carbocycles. The molecule has 0 N–H and O–H groups in total. The van der Waals surface area contributed by atoms with Gasteiger partial charge in [-0.25, -0.2) is 0 Å². The molecular formula is C31H62N2. The van der Waals surface area contributed by atoms with Gasteiger partial charge >= 0.3 is 0 Å². The Kier molecular flexibility index (Phi) is 21.3. The highest BCUT2D eigenvalue weighted by atomic mass is 15.4. The van der Waals surface area contributed by atoms with Crippen molar-refractivity contribution in [1.82, 2.24) is 9.80 Å². The summed E-state index contributed by atoms with van der Waals surface area (Å²) in [4.78, 5) is 5.19. The fourth-order valence-electron chi connectivity index (χ4n) is 5.38. The zero-order chi connectivity index (χ0) is 23.8. The topological polar surface area (TPSA) is 6.48 Å². The first-order valence-corrected chi connectivity index (χ1v) is 15.5. The van der Waals surface area contributed by atoms with Crippen molar-refractivity contribution in [3.63, 3.8) is 0 Å². The fraction of sp³-hybridized carbons (Fsp3) is 0.935. The minimum atomic E-state index is 0.637. The van der Waals surface area contributed by atoms with Gasteiger partial charge in [0.05, 0.1) is 0 Å². The zero-order valence-electron chi connectivity index (χ0n) is 23.3. The van der Waals surface area contributed by atoms with Crippen molar-refractivity contribution in [2.24, 2.45) is 0 Å². The summed E-state index contributed by atoms with van der Waals surface area (Å²) >= 11 is 0. The van der Waals surface area contributed by atoms with Crippen molar-refractivity contribution in [2.75, 3.05) is 13.1 Å². The summed E-state index contributed by atoms with van der Waals surface area (Å²) in [6.45, 7) is 9.31. The van der Waals surface area contributed by atoms with E-state index in [0.717, 1.165) is 6.54 Å². The number of unbranched alkanes of at least 4 members (excludes halogenated alkanes) is 20. The Morgan fingerprint density at radius 1 is 0.424 bits per heavy atom. The molecule has 1 aliphatic rings. The van der Waals surface area contributed by atoms with Crippen LogP contribution in [0.5, 0.6) is 0 Å². The number of hydrogen-bond acceptors (Lipinski definition) is 2. The Labute approximate surface area is 210 Å². The highest BCUT2D eigenvalue weighted by molar-refractivity contribution is 4.96. The monoisotopic (exact) mass is 462 g/mol. The molecule has 1 unspecified atom stereocenters. The zero-order valence-corrected chi connectivity index (χ0v) is 23.3. The second-order valence-corrected chi connectivity index (χ2v) is 10.7. The maximum atomic E-state index is 2.64. The highest BCUT2D eigenvalue weighted by Crippen LogP contribution is 2.22. The smallest absolute Gasteiger partial charge is 0.101 e. The van der Waals surface area contributed by atoms with Crippen molar-refractivity contribution < 1.29 is 0 Å². The first-order chi connectivity index (χ1) is 16.3. The Morgan fingerprint density at radius 2 is 0.788 bits per heavy atom. The lowest BCUT2D eigenvalue weighted by Gasteiger charge is -2.32. The van der Waals surface area contributed by atoms with E-state index in [1.807, 2.05) is 0 Å². The number of nitrogens with zero attached hydrogens (tertiary/aromatic N) is 2. The second kappa shape index (κ2) is 23.1. The van der Waals surface area contributed by atoms with E-state index in [2.05, 4.69) is 43.0 Å².